The molecule has 0 bridgehead atoms. The van der Waals surface area contributed by atoms with Gasteiger partial charge in [0.15, 0.2) is 11.5 Å². The summed E-state index contributed by atoms with van der Waals surface area (Å²) in [5, 5.41) is 0. The van der Waals surface area contributed by atoms with Crippen LogP contribution in [0.5, 0.6) is 17.4 Å². The van der Waals surface area contributed by atoms with E-state index >= 15 is 0 Å². The molecule has 6 nitrogen and oxygen atoms in total. The van der Waals surface area contributed by atoms with Gasteiger partial charge in [-0.25, -0.2) is 4.98 Å². The second-order valence-corrected chi connectivity index (χ2v) is 7.60. The Hall–Kier alpha value is -2.63. The Bertz CT molecular complexity index is 820. The fourth-order valence-corrected chi connectivity index (χ4v) is 4.33. The van der Waals surface area contributed by atoms with Crippen LogP contribution in [-0.2, 0) is 4.79 Å². The van der Waals surface area contributed by atoms with Gasteiger partial charge in [-0.05, 0) is 37.8 Å². The molecule has 148 valence electrons. The quantitative estimate of drug-likeness (QED) is 0.778. The van der Waals surface area contributed by atoms with Crippen LogP contribution in [0.3, 0.4) is 0 Å². The molecule has 1 aromatic heterocycles. The Morgan fingerprint density at radius 3 is 2.57 bits per heavy atom. The third-order valence-corrected chi connectivity index (χ3v) is 5.79. The molecule has 2 aromatic rings. The molecule has 2 aliphatic rings. The SMILES string of the molecule is COc1ccccc1Oc1nccnc1C1CCCN(C(=O)C2CCCC2)C1. The molecular formula is C22H27N3O3. The van der Waals surface area contributed by atoms with Gasteiger partial charge in [-0.15, -0.1) is 0 Å². The van der Waals surface area contributed by atoms with E-state index in [4.69, 9.17) is 9.47 Å². The number of benzene rings is 1. The fraction of sp³-hybridized carbons (Fsp3) is 0.500. The van der Waals surface area contributed by atoms with E-state index < -0.39 is 0 Å². The summed E-state index contributed by atoms with van der Waals surface area (Å²) in [5.74, 6) is 2.43. The van der Waals surface area contributed by atoms with Crippen LogP contribution in [0.1, 0.15) is 50.1 Å². The van der Waals surface area contributed by atoms with Crippen LogP contribution in [-0.4, -0.2) is 41.0 Å². The normalized spacial score (nSPS) is 20.2. The number of para-hydroxylation sites is 2. The number of carbonyl (C=O) groups excluding carboxylic acids is 1. The van der Waals surface area contributed by atoms with E-state index in [-0.39, 0.29) is 11.8 Å². The summed E-state index contributed by atoms with van der Waals surface area (Å²) in [6.45, 7) is 1.53. The number of aromatic nitrogens is 2. The molecule has 28 heavy (non-hydrogen) atoms. The highest BCUT2D eigenvalue weighted by Crippen LogP contribution is 2.36. The maximum absolute atomic E-state index is 12.9. The van der Waals surface area contributed by atoms with E-state index in [1.807, 2.05) is 29.2 Å². The number of methoxy groups -OCH3 is 1. The van der Waals surface area contributed by atoms with Gasteiger partial charge in [0.2, 0.25) is 11.8 Å². The Morgan fingerprint density at radius 2 is 1.79 bits per heavy atom. The van der Waals surface area contributed by atoms with E-state index in [0.717, 1.165) is 37.9 Å². The van der Waals surface area contributed by atoms with Gasteiger partial charge < -0.3 is 14.4 Å². The fourth-order valence-electron chi connectivity index (χ4n) is 4.33. The van der Waals surface area contributed by atoms with Crippen molar-refractivity contribution in [3.05, 3.63) is 42.4 Å². The summed E-state index contributed by atoms with van der Waals surface area (Å²) in [4.78, 5) is 23.9. The largest absolute Gasteiger partial charge is 0.493 e. The van der Waals surface area contributed by atoms with E-state index in [1.54, 1.807) is 19.5 Å². The summed E-state index contributed by atoms with van der Waals surface area (Å²) in [6.07, 6.45) is 9.72. The second-order valence-electron chi connectivity index (χ2n) is 7.60. The topological polar surface area (TPSA) is 64.6 Å². The predicted molar refractivity (Wildman–Crippen MR) is 106 cm³/mol. The van der Waals surface area contributed by atoms with Crippen molar-refractivity contribution >= 4 is 5.91 Å². The minimum absolute atomic E-state index is 0.137. The first kappa shape index (κ1) is 18.7. The van der Waals surface area contributed by atoms with Gasteiger partial charge in [-0.3, -0.25) is 9.78 Å². The van der Waals surface area contributed by atoms with E-state index in [1.165, 1.54) is 12.8 Å². The molecule has 2 heterocycles. The first-order valence-corrected chi connectivity index (χ1v) is 10.2. The summed E-state index contributed by atoms with van der Waals surface area (Å²) < 4.78 is 11.5. The molecule has 1 atom stereocenters. The molecule has 4 rings (SSSR count). The van der Waals surface area contributed by atoms with Crippen molar-refractivity contribution in [2.45, 2.75) is 44.4 Å². The average Bonchev–Trinajstić information content (AvgIpc) is 3.29. The van der Waals surface area contributed by atoms with Gasteiger partial charge in [0.1, 0.15) is 5.69 Å². The minimum atomic E-state index is 0.137. The number of amides is 1. The lowest BCUT2D eigenvalue weighted by atomic mass is 9.93. The summed E-state index contributed by atoms with van der Waals surface area (Å²) >= 11 is 0. The van der Waals surface area contributed by atoms with Crippen LogP contribution in [0.4, 0.5) is 0 Å². The monoisotopic (exact) mass is 381 g/mol. The van der Waals surface area contributed by atoms with Crippen molar-refractivity contribution in [2.24, 2.45) is 5.92 Å². The van der Waals surface area contributed by atoms with Crippen LogP contribution in [0.25, 0.3) is 0 Å². The number of piperidine rings is 1. The highest BCUT2D eigenvalue weighted by atomic mass is 16.5. The Kier molecular flexibility index (Phi) is 5.74. The molecule has 1 aliphatic carbocycles. The number of likely N-dealkylation sites (tertiary alicyclic amines) is 1. The minimum Gasteiger partial charge on any atom is -0.493 e. The van der Waals surface area contributed by atoms with Crippen molar-refractivity contribution < 1.29 is 14.3 Å². The highest BCUT2D eigenvalue weighted by molar-refractivity contribution is 5.79. The zero-order chi connectivity index (χ0) is 19.3. The Balaban J connectivity index is 1.53. The lowest BCUT2D eigenvalue weighted by Crippen LogP contribution is -2.42. The van der Waals surface area contributed by atoms with E-state index in [2.05, 4.69) is 9.97 Å². The van der Waals surface area contributed by atoms with Gasteiger partial charge in [-0.2, -0.15) is 0 Å². The van der Waals surface area contributed by atoms with Crippen molar-refractivity contribution in [3.8, 4) is 17.4 Å². The van der Waals surface area contributed by atoms with Crippen molar-refractivity contribution in [1.82, 2.24) is 14.9 Å². The first-order valence-electron chi connectivity index (χ1n) is 10.2. The van der Waals surface area contributed by atoms with Gasteiger partial charge in [0, 0.05) is 37.3 Å². The number of ether oxygens (including phenoxy) is 2. The molecular weight excluding hydrogens is 354 g/mol. The van der Waals surface area contributed by atoms with Crippen molar-refractivity contribution in [3.63, 3.8) is 0 Å². The lowest BCUT2D eigenvalue weighted by Gasteiger charge is -2.34. The van der Waals surface area contributed by atoms with Gasteiger partial charge in [-0.1, -0.05) is 25.0 Å². The number of rotatable bonds is 5. The third-order valence-electron chi connectivity index (χ3n) is 5.79. The van der Waals surface area contributed by atoms with E-state index in [0.29, 0.717) is 29.8 Å². The smallest absolute Gasteiger partial charge is 0.241 e. The number of nitrogens with zero attached hydrogens (tertiary/aromatic N) is 3. The van der Waals surface area contributed by atoms with E-state index in [9.17, 15) is 4.79 Å². The molecule has 1 unspecified atom stereocenters. The molecule has 6 heteroatoms. The molecule has 1 aromatic carbocycles. The van der Waals surface area contributed by atoms with Gasteiger partial charge >= 0.3 is 0 Å². The molecule has 2 fully saturated rings. The lowest BCUT2D eigenvalue weighted by molar-refractivity contribution is -0.136. The highest BCUT2D eigenvalue weighted by Gasteiger charge is 2.32. The van der Waals surface area contributed by atoms with Crippen LogP contribution in [0.15, 0.2) is 36.7 Å². The second kappa shape index (κ2) is 8.59. The zero-order valence-electron chi connectivity index (χ0n) is 16.3. The Morgan fingerprint density at radius 1 is 1.04 bits per heavy atom. The van der Waals surface area contributed by atoms with Gasteiger partial charge in [0.25, 0.3) is 0 Å². The van der Waals surface area contributed by atoms with Crippen LogP contribution in [0, 0.1) is 5.92 Å². The molecule has 0 N–H and O–H groups in total. The first-order chi connectivity index (χ1) is 13.8. The maximum atomic E-state index is 12.9. The van der Waals surface area contributed by atoms with Crippen molar-refractivity contribution in [2.75, 3.05) is 20.2 Å². The number of hydrogen-bond acceptors (Lipinski definition) is 5. The predicted octanol–water partition coefficient (Wildman–Crippen LogP) is 4.17. The number of carbonyl (C=O) groups is 1. The standard InChI is InChI=1S/C22H27N3O3/c1-27-18-10-4-5-11-19(18)28-21-20(23-12-13-24-21)17-9-6-14-25(15-17)22(26)16-7-2-3-8-16/h4-5,10-13,16-17H,2-3,6-9,14-15H2,1H3. The zero-order valence-corrected chi connectivity index (χ0v) is 16.3. The molecule has 1 aliphatic heterocycles. The molecule has 1 amide bonds. The Labute approximate surface area is 165 Å². The molecule has 0 spiro atoms. The molecule has 0 radical (unpaired) electrons. The summed E-state index contributed by atoms with van der Waals surface area (Å²) in [6, 6.07) is 7.51. The average molecular weight is 381 g/mol. The van der Waals surface area contributed by atoms with Gasteiger partial charge in [0.05, 0.1) is 7.11 Å². The summed E-state index contributed by atoms with van der Waals surface area (Å²) in [7, 11) is 1.62. The van der Waals surface area contributed by atoms with Crippen LogP contribution < -0.4 is 9.47 Å². The third kappa shape index (κ3) is 3.96. The maximum Gasteiger partial charge on any atom is 0.241 e. The summed E-state index contributed by atoms with van der Waals surface area (Å²) in [5.41, 5.74) is 0.817. The number of hydrogen-bond donors (Lipinski definition) is 0. The molecule has 1 saturated carbocycles. The molecule has 1 saturated heterocycles. The van der Waals surface area contributed by atoms with Crippen LogP contribution >= 0.6 is 0 Å². The van der Waals surface area contributed by atoms with Crippen LogP contribution in [0.2, 0.25) is 0 Å². The van der Waals surface area contributed by atoms with Crippen molar-refractivity contribution in [1.29, 1.82) is 0 Å².